The third kappa shape index (κ3) is 3.61. The average molecular weight is 345 g/mol. The van der Waals surface area contributed by atoms with Crippen LogP contribution >= 0.6 is 0 Å². The van der Waals surface area contributed by atoms with Crippen molar-refractivity contribution in [1.82, 2.24) is 14.5 Å². The number of carboxylic acids is 1. The third-order valence-corrected chi connectivity index (χ3v) is 4.71. The molecule has 1 aromatic heterocycles. The number of benzene rings is 1. The molecule has 2 heterocycles. The Labute approximate surface area is 146 Å². The second-order valence-electron chi connectivity index (χ2n) is 6.28. The van der Waals surface area contributed by atoms with Crippen molar-refractivity contribution >= 4 is 5.97 Å². The molecule has 0 aliphatic carbocycles. The molecule has 1 fully saturated rings. The van der Waals surface area contributed by atoms with Crippen molar-refractivity contribution in [1.29, 1.82) is 0 Å². The highest BCUT2D eigenvalue weighted by Gasteiger charge is 2.44. The van der Waals surface area contributed by atoms with Crippen molar-refractivity contribution in [3.8, 4) is 11.5 Å². The second kappa shape index (κ2) is 7.14. The highest BCUT2D eigenvalue weighted by molar-refractivity contribution is 5.78. The van der Waals surface area contributed by atoms with Crippen LogP contribution < -0.4 is 9.47 Å². The van der Waals surface area contributed by atoms with Crippen LogP contribution in [0.5, 0.6) is 11.5 Å². The summed E-state index contributed by atoms with van der Waals surface area (Å²) in [6, 6.07) is 7.14. The van der Waals surface area contributed by atoms with Crippen LogP contribution in [0.4, 0.5) is 0 Å². The SMILES string of the molecule is COc1ccccc1OC1(C(=O)O)CCN(Cc2nccn2C)CC1. The maximum Gasteiger partial charge on any atom is 0.348 e. The van der Waals surface area contributed by atoms with Crippen molar-refractivity contribution < 1.29 is 19.4 Å². The van der Waals surface area contributed by atoms with Crippen molar-refractivity contribution in [2.45, 2.75) is 25.0 Å². The van der Waals surface area contributed by atoms with E-state index in [2.05, 4.69) is 9.88 Å². The molecule has 2 aromatic rings. The van der Waals surface area contributed by atoms with E-state index >= 15 is 0 Å². The Kier molecular flexibility index (Phi) is 4.94. The van der Waals surface area contributed by atoms with Gasteiger partial charge in [0.25, 0.3) is 0 Å². The smallest absolute Gasteiger partial charge is 0.348 e. The summed E-state index contributed by atoms with van der Waals surface area (Å²) >= 11 is 0. The monoisotopic (exact) mass is 345 g/mol. The summed E-state index contributed by atoms with van der Waals surface area (Å²) in [5.74, 6) is 1.03. The van der Waals surface area contributed by atoms with Gasteiger partial charge in [-0.05, 0) is 12.1 Å². The van der Waals surface area contributed by atoms with Gasteiger partial charge in [-0.25, -0.2) is 9.78 Å². The van der Waals surface area contributed by atoms with E-state index < -0.39 is 11.6 Å². The van der Waals surface area contributed by atoms with Gasteiger partial charge in [-0.15, -0.1) is 0 Å². The van der Waals surface area contributed by atoms with Gasteiger partial charge in [0.15, 0.2) is 11.5 Å². The summed E-state index contributed by atoms with van der Waals surface area (Å²) in [4.78, 5) is 18.5. The number of hydrogen-bond donors (Lipinski definition) is 1. The van der Waals surface area contributed by atoms with Crippen LogP contribution in [0.25, 0.3) is 0 Å². The fourth-order valence-electron chi connectivity index (χ4n) is 3.09. The van der Waals surface area contributed by atoms with Gasteiger partial charge in [0.1, 0.15) is 5.82 Å². The van der Waals surface area contributed by atoms with Gasteiger partial charge in [-0.1, -0.05) is 12.1 Å². The number of para-hydroxylation sites is 2. The lowest BCUT2D eigenvalue weighted by Crippen LogP contribution is -2.53. The lowest BCUT2D eigenvalue weighted by atomic mass is 9.91. The number of ether oxygens (including phenoxy) is 2. The van der Waals surface area contributed by atoms with Gasteiger partial charge >= 0.3 is 5.97 Å². The molecule has 0 bridgehead atoms. The summed E-state index contributed by atoms with van der Waals surface area (Å²) in [5, 5.41) is 9.80. The zero-order valence-corrected chi connectivity index (χ0v) is 14.5. The predicted octanol–water partition coefficient (Wildman–Crippen LogP) is 1.93. The van der Waals surface area contributed by atoms with Crippen molar-refractivity contribution in [2.24, 2.45) is 7.05 Å². The van der Waals surface area contributed by atoms with Crippen molar-refractivity contribution in [2.75, 3.05) is 20.2 Å². The van der Waals surface area contributed by atoms with E-state index in [1.165, 1.54) is 0 Å². The predicted molar refractivity (Wildman–Crippen MR) is 91.7 cm³/mol. The van der Waals surface area contributed by atoms with E-state index in [-0.39, 0.29) is 0 Å². The summed E-state index contributed by atoms with van der Waals surface area (Å²) in [6.07, 6.45) is 4.49. The van der Waals surface area contributed by atoms with Crippen LogP contribution in [0, 0.1) is 0 Å². The standard InChI is InChI=1S/C18H23N3O4/c1-20-12-9-19-16(20)13-21-10-7-18(8-11-21,17(22)23)25-15-6-4-3-5-14(15)24-2/h3-6,9,12H,7-8,10-11,13H2,1-2H3,(H,22,23). The van der Waals surface area contributed by atoms with Crippen molar-refractivity contribution in [3.63, 3.8) is 0 Å². The molecule has 3 rings (SSSR count). The van der Waals surface area contributed by atoms with Gasteiger partial charge in [0, 0.05) is 45.4 Å². The Morgan fingerprint density at radius 3 is 2.52 bits per heavy atom. The number of carboxylic acid groups (broad SMARTS) is 1. The zero-order chi connectivity index (χ0) is 17.9. The van der Waals surface area contributed by atoms with Gasteiger partial charge in [-0.2, -0.15) is 0 Å². The summed E-state index contributed by atoms with van der Waals surface area (Å²) in [7, 11) is 3.50. The van der Waals surface area contributed by atoms with Gasteiger partial charge in [0.2, 0.25) is 5.60 Å². The van der Waals surface area contributed by atoms with Gasteiger partial charge < -0.3 is 19.1 Å². The topological polar surface area (TPSA) is 76.8 Å². The number of aryl methyl sites for hydroxylation is 1. The molecule has 7 nitrogen and oxygen atoms in total. The van der Waals surface area contributed by atoms with Crippen LogP contribution in [-0.2, 0) is 18.4 Å². The number of carbonyl (C=O) groups is 1. The van der Waals surface area contributed by atoms with Crippen LogP contribution in [0.15, 0.2) is 36.7 Å². The first kappa shape index (κ1) is 17.3. The van der Waals surface area contributed by atoms with Crippen LogP contribution in [0.1, 0.15) is 18.7 Å². The molecule has 25 heavy (non-hydrogen) atoms. The molecular formula is C18H23N3O4. The van der Waals surface area contributed by atoms with E-state index in [4.69, 9.17) is 9.47 Å². The number of rotatable bonds is 6. The Morgan fingerprint density at radius 1 is 1.28 bits per heavy atom. The van der Waals surface area contributed by atoms with E-state index in [1.807, 2.05) is 29.9 Å². The Balaban J connectivity index is 1.71. The molecule has 134 valence electrons. The van der Waals surface area contributed by atoms with E-state index in [0.717, 1.165) is 5.82 Å². The molecule has 0 spiro atoms. The first-order chi connectivity index (χ1) is 12.0. The molecule has 1 aliphatic heterocycles. The highest BCUT2D eigenvalue weighted by atomic mass is 16.5. The first-order valence-corrected chi connectivity index (χ1v) is 8.28. The quantitative estimate of drug-likeness (QED) is 0.862. The van der Waals surface area contributed by atoms with Crippen LogP contribution in [-0.4, -0.2) is 51.3 Å². The number of nitrogens with zero attached hydrogens (tertiary/aromatic N) is 3. The van der Waals surface area contributed by atoms with E-state index in [1.54, 1.807) is 25.4 Å². The average Bonchev–Trinajstić information content (AvgIpc) is 3.02. The minimum atomic E-state index is -1.23. The normalized spacial score (nSPS) is 17.2. The molecule has 0 saturated carbocycles. The Morgan fingerprint density at radius 2 is 1.96 bits per heavy atom. The van der Waals surface area contributed by atoms with Crippen LogP contribution in [0.2, 0.25) is 0 Å². The molecule has 0 amide bonds. The van der Waals surface area contributed by atoms with E-state index in [0.29, 0.717) is 44.0 Å². The largest absolute Gasteiger partial charge is 0.493 e. The van der Waals surface area contributed by atoms with Gasteiger partial charge in [-0.3, -0.25) is 4.90 Å². The first-order valence-electron chi connectivity index (χ1n) is 8.28. The highest BCUT2D eigenvalue weighted by Crippen LogP contribution is 2.34. The molecule has 0 unspecified atom stereocenters. The molecule has 1 aliphatic rings. The lowest BCUT2D eigenvalue weighted by molar-refractivity contribution is -0.160. The number of piperidine rings is 1. The molecular weight excluding hydrogens is 322 g/mol. The van der Waals surface area contributed by atoms with Gasteiger partial charge in [0.05, 0.1) is 13.7 Å². The molecule has 1 saturated heterocycles. The summed E-state index contributed by atoms with van der Waals surface area (Å²) in [5.41, 5.74) is -1.23. The fraction of sp³-hybridized carbons (Fsp3) is 0.444. The molecule has 7 heteroatoms. The maximum absolute atomic E-state index is 12.0. The molecule has 0 atom stereocenters. The fourth-order valence-corrected chi connectivity index (χ4v) is 3.09. The Hall–Kier alpha value is -2.54. The number of methoxy groups -OCH3 is 1. The number of aliphatic carboxylic acids is 1. The number of imidazole rings is 1. The molecule has 1 N–H and O–H groups in total. The minimum Gasteiger partial charge on any atom is -0.493 e. The number of aromatic nitrogens is 2. The van der Waals surface area contributed by atoms with E-state index in [9.17, 15) is 9.90 Å². The lowest BCUT2D eigenvalue weighted by Gasteiger charge is -2.38. The number of likely N-dealkylation sites (tertiary alicyclic amines) is 1. The molecule has 0 radical (unpaired) electrons. The molecule has 1 aromatic carbocycles. The maximum atomic E-state index is 12.0. The summed E-state index contributed by atoms with van der Waals surface area (Å²) in [6.45, 7) is 1.97. The minimum absolute atomic E-state index is 0.408. The zero-order valence-electron chi connectivity index (χ0n) is 14.5. The Bertz CT molecular complexity index is 735. The van der Waals surface area contributed by atoms with Crippen molar-refractivity contribution in [3.05, 3.63) is 42.5 Å². The van der Waals surface area contributed by atoms with Crippen LogP contribution in [0.3, 0.4) is 0 Å². The summed E-state index contributed by atoms with van der Waals surface area (Å²) < 4.78 is 13.2. The third-order valence-electron chi connectivity index (χ3n) is 4.71. The number of hydrogen-bond acceptors (Lipinski definition) is 5. The second-order valence-corrected chi connectivity index (χ2v) is 6.28.